The molecule has 11 heteroatoms. The third-order valence-electron chi connectivity index (χ3n) is 7.41. The Morgan fingerprint density at radius 2 is 1.51 bits per heavy atom. The van der Waals surface area contributed by atoms with E-state index in [1.54, 1.807) is 87.1 Å². The normalized spacial score (nSPS) is 12.7. The molecule has 1 N–H and O–H groups in total. The highest BCUT2D eigenvalue weighted by atomic mass is 35.5. The van der Waals surface area contributed by atoms with E-state index in [9.17, 15) is 14.4 Å². The van der Waals surface area contributed by atoms with Crippen molar-refractivity contribution in [3.63, 3.8) is 0 Å². The average molecular weight is 656 g/mol. The van der Waals surface area contributed by atoms with Gasteiger partial charge in [-0.3, -0.25) is 9.59 Å². The van der Waals surface area contributed by atoms with Crippen molar-refractivity contribution in [2.45, 2.75) is 45.3 Å². The van der Waals surface area contributed by atoms with Crippen molar-refractivity contribution in [2.24, 2.45) is 0 Å². The predicted molar refractivity (Wildman–Crippen MR) is 177 cm³/mol. The molecule has 0 unspecified atom stereocenters. The molecule has 240 valence electrons. The van der Waals surface area contributed by atoms with Gasteiger partial charge in [-0.1, -0.05) is 47.5 Å². The molecule has 3 aromatic rings. The quantitative estimate of drug-likeness (QED) is 0.265. The van der Waals surface area contributed by atoms with E-state index >= 15 is 0 Å². The van der Waals surface area contributed by atoms with Crippen molar-refractivity contribution in [1.29, 1.82) is 0 Å². The zero-order chi connectivity index (χ0) is 32.7. The van der Waals surface area contributed by atoms with Gasteiger partial charge in [0.1, 0.15) is 11.4 Å². The minimum absolute atomic E-state index is 0.0121. The first-order valence-electron chi connectivity index (χ1n) is 14.8. The van der Waals surface area contributed by atoms with E-state index in [1.807, 2.05) is 12.1 Å². The molecule has 45 heavy (non-hydrogen) atoms. The molecule has 0 heterocycles. The highest BCUT2D eigenvalue weighted by Crippen LogP contribution is 2.35. The Morgan fingerprint density at radius 3 is 2.13 bits per heavy atom. The van der Waals surface area contributed by atoms with Crippen LogP contribution < -0.4 is 15.0 Å². The number of amides is 3. The van der Waals surface area contributed by atoms with E-state index in [1.165, 1.54) is 16.0 Å². The van der Waals surface area contributed by atoms with E-state index in [2.05, 4.69) is 17.4 Å². The van der Waals surface area contributed by atoms with Crippen LogP contribution in [0.25, 0.3) is 0 Å². The minimum Gasteiger partial charge on any atom is -0.455 e. The Morgan fingerprint density at radius 1 is 0.889 bits per heavy atom. The van der Waals surface area contributed by atoms with Gasteiger partial charge in [-0.05, 0) is 87.2 Å². The molecule has 0 fully saturated rings. The molecule has 0 saturated carbocycles. The molecule has 0 saturated heterocycles. The summed E-state index contributed by atoms with van der Waals surface area (Å²) in [5.41, 5.74) is 2.33. The minimum atomic E-state index is -0.626. The van der Waals surface area contributed by atoms with Crippen LogP contribution in [0.5, 0.6) is 11.5 Å². The molecule has 9 nitrogen and oxygen atoms in total. The Hall–Kier alpha value is -3.95. The van der Waals surface area contributed by atoms with E-state index in [4.69, 9.17) is 32.7 Å². The fourth-order valence-corrected chi connectivity index (χ4v) is 5.28. The number of likely N-dealkylation sites (N-methyl/N-ethyl adjacent to an activating group) is 2. The Labute approximate surface area is 275 Å². The van der Waals surface area contributed by atoms with Crippen molar-refractivity contribution >= 4 is 46.8 Å². The molecule has 0 aromatic heterocycles. The standard InChI is InChI=1S/C34H40Cl2N4O5/c1-34(2,3)45-33(43)38(4)17-16-37-31(41)21-40(22-32(42)39(5)27-18-23-8-6-7-9-24(23)19-27)29-20-26(36)12-15-30(29)44-28-13-10-25(35)11-14-28/h6-15,20,27H,16-19,21-22H2,1-5H3,(H,37,41). The van der Waals surface area contributed by atoms with Gasteiger partial charge in [-0.25, -0.2) is 4.79 Å². The van der Waals surface area contributed by atoms with Gasteiger partial charge in [0.15, 0.2) is 5.75 Å². The highest BCUT2D eigenvalue weighted by Gasteiger charge is 2.29. The molecule has 0 aliphatic heterocycles. The maximum Gasteiger partial charge on any atom is 0.410 e. The number of nitrogens with one attached hydrogen (secondary N) is 1. The number of nitrogens with zero attached hydrogens (tertiary/aromatic N) is 3. The zero-order valence-electron chi connectivity index (χ0n) is 26.3. The van der Waals surface area contributed by atoms with Crippen molar-refractivity contribution in [2.75, 3.05) is 45.2 Å². The van der Waals surface area contributed by atoms with Gasteiger partial charge in [-0.2, -0.15) is 0 Å². The van der Waals surface area contributed by atoms with Crippen LogP contribution in [0.1, 0.15) is 31.9 Å². The van der Waals surface area contributed by atoms with Crippen LogP contribution in [-0.2, 0) is 27.2 Å². The second kappa shape index (κ2) is 14.9. The van der Waals surface area contributed by atoms with Gasteiger partial charge in [0, 0.05) is 43.3 Å². The number of rotatable bonds is 11. The molecule has 0 radical (unpaired) electrons. The summed E-state index contributed by atoms with van der Waals surface area (Å²) in [6, 6.07) is 20.2. The largest absolute Gasteiger partial charge is 0.455 e. The van der Waals surface area contributed by atoms with Gasteiger partial charge in [0.2, 0.25) is 11.8 Å². The average Bonchev–Trinajstić information content (AvgIpc) is 3.42. The lowest BCUT2D eigenvalue weighted by atomic mass is 10.1. The van der Waals surface area contributed by atoms with Gasteiger partial charge in [-0.15, -0.1) is 0 Å². The van der Waals surface area contributed by atoms with Gasteiger partial charge < -0.3 is 29.5 Å². The molecular formula is C34H40Cl2N4O5. The Kier molecular flexibility index (Phi) is 11.2. The highest BCUT2D eigenvalue weighted by molar-refractivity contribution is 6.31. The van der Waals surface area contributed by atoms with E-state index in [0.29, 0.717) is 27.2 Å². The monoisotopic (exact) mass is 654 g/mol. The molecule has 0 bridgehead atoms. The number of hydrogen-bond acceptors (Lipinski definition) is 6. The molecular weight excluding hydrogens is 615 g/mol. The van der Waals surface area contributed by atoms with E-state index in [-0.39, 0.29) is 44.0 Å². The fraction of sp³-hybridized carbons (Fsp3) is 0.382. The number of carbonyl (C=O) groups excluding carboxylic acids is 3. The third kappa shape index (κ3) is 9.77. The van der Waals surface area contributed by atoms with Crippen molar-refractivity contribution in [3.05, 3.63) is 87.9 Å². The maximum absolute atomic E-state index is 13.7. The molecule has 1 aliphatic carbocycles. The number of fused-ring (bicyclic) bond motifs is 1. The third-order valence-corrected chi connectivity index (χ3v) is 7.90. The lowest BCUT2D eigenvalue weighted by Gasteiger charge is -2.30. The summed E-state index contributed by atoms with van der Waals surface area (Å²) in [7, 11) is 3.40. The van der Waals surface area contributed by atoms with Crippen LogP contribution in [0.4, 0.5) is 10.5 Å². The summed E-state index contributed by atoms with van der Waals surface area (Å²) >= 11 is 12.5. The number of anilines is 1. The Balaban J connectivity index is 1.50. The first kappa shape index (κ1) is 33.9. The van der Waals surface area contributed by atoms with E-state index < -0.39 is 11.7 Å². The maximum atomic E-state index is 13.7. The summed E-state index contributed by atoms with van der Waals surface area (Å²) in [6.07, 6.45) is 1.06. The van der Waals surface area contributed by atoms with Crippen LogP contribution in [0.2, 0.25) is 10.0 Å². The van der Waals surface area contributed by atoms with Crippen LogP contribution in [0, 0.1) is 0 Å². The summed E-state index contributed by atoms with van der Waals surface area (Å²) in [4.78, 5) is 44.1. The number of halogens is 2. The molecule has 1 aliphatic rings. The van der Waals surface area contributed by atoms with Crippen LogP contribution in [0.15, 0.2) is 66.7 Å². The summed E-state index contributed by atoms with van der Waals surface area (Å²) in [5.74, 6) is 0.462. The van der Waals surface area contributed by atoms with Gasteiger partial charge in [0.05, 0.1) is 18.8 Å². The first-order chi connectivity index (χ1) is 21.3. The molecule has 3 aromatic carbocycles. The number of carbonyl (C=O) groups is 3. The number of ether oxygens (including phenoxy) is 2. The topological polar surface area (TPSA) is 91.4 Å². The zero-order valence-corrected chi connectivity index (χ0v) is 27.8. The SMILES string of the molecule is CN(CCNC(=O)CN(CC(=O)N(C)C1Cc2ccccc2C1)c1cc(Cl)ccc1Oc1ccc(Cl)cc1)C(=O)OC(C)(C)C. The molecule has 0 atom stereocenters. The number of hydrogen-bond donors (Lipinski definition) is 1. The molecule has 4 rings (SSSR count). The summed E-state index contributed by atoms with van der Waals surface area (Å²) in [5, 5.41) is 3.84. The van der Waals surface area contributed by atoms with Crippen LogP contribution in [-0.4, -0.2) is 79.6 Å². The smallest absolute Gasteiger partial charge is 0.410 e. The first-order valence-corrected chi connectivity index (χ1v) is 15.6. The summed E-state index contributed by atoms with van der Waals surface area (Å²) in [6.45, 7) is 5.57. The van der Waals surface area contributed by atoms with Crippen molar-refractivity contribution < 1.29 is 23.9 Å². The lowest BCUT2D eigenvalue weighted by molar-refractivity contribution is -0.130. The molecule has 3 amide bonds. The van der Waals surface area contributed by atoms with Crippen LogP contribution in [0.3, 0.4) is 0 Å². The number of benzene rings is 3. The van der Waals surface area contributed by atoms with Crippen molar-refractivity contribution in [1.82, 2.24) is 15.1 Å². The predicted octanol–water partition coefficient (Wildman–Crippen LogP) is 6.20. The Bertz CT molecular complexity index is 1480. The van der Waals surface area contributed by atoms with Crippen LogP contribution >= 0.6 is 23.2 Å². The fourth-order valence-electron chi connectivity index (χ4n) is 4.99. The lowest BCUT2D eigenvalue weighted by Crippen LogP contribution is -2.47. The summed E-state index contributed by atoms with van der Waals surface area (Å²) < 4.78 is 11.5. The second-order valence-corrected chi connectivity index (χ2v) is 13.0. The molecule has 0 spiro atoms. The van der Waals surface area contributed by atoms with Crippen molar-refractivity contribution in [3.8, 4) is 11.5 Å². The second-order valence-electron chi connectivity index (χ2n) is 12.1. The van der Waals surface area contributed by atoms with Gasteiger partial charge >= 0.3 is 6.09 Å². The van der Waals surface area contributed by atoms with Gasteiger partial charge in [0.25, 0.3) is 0 Å². The van der Waals surface area contributed by atoms with E-state index in [0.717, 1.165) is 12.8 Å².